The van der Waals surface area contributed by atoms with Gasteiger partial charge in [-0.25, -0.2) is 12.4 Å². The summed E-state index contributed by atoms with van der Waals surface area (Å²) in [5, 5.41) is 11.0. The molecule has 40 heavy (non-hydrogen) atoms. The van der Waals surface area contributed by atoms with Gasteiger partial charge in [0, 0.05) is 62.5 Å². The summed E-state index contributed by atoms with van der Waals surface area (Å²) < 4.78 is 33.5. The van der Waals surface area contributed by atoms with Crippen molar-refractivity contribution in [3.8, 4) is 6.07 Å². The highest BCUT2D eigenvalue weighted by Crippen LogP contribution is 2.35. The molecule has 6 rings (SSSR count). The average molecular weight is 572 g/mol. The zero-order valence-electron chi connectivity index (χ0n) is 22.2. The molecule has 2 aromatic heterocycles. The van der Waals surface area contributed by atoms with E-state index in [0.29, 0.717) is 35.0 Å². The van der Waals surface area contributed by atoms with E-state index in [2.05, 4.69) is 32.4 Å². The van der Waals surface area contributed by atoms with Crippen LogP contribution in [0.1, 0.15) is 25.3 Å². The van der Waals surface area contributed by atoms with Crippen LogP contribution in [0.15, 0.2) is 78.5 Å². The summed E-state index contributed by atoms with van der Waals surface area (Å²) in [5.74, 6) is 1.02. The number of Topliss-reactive ketones (excluding diaryl/α,β-unsaturated/α-hetero) is 1. The van der Waals surface area contributed by atoms with E-state index >= 15 is 0 Å². The average Bonchev–Trinajstić information content (AvgIpc) is 3.60. The molecule has 1 unspecified atom stereocenters. The maximum atomic E-state index is 13.8. The first-order valence-electron chi connectivity index (χ1n) is 13.3. The summed E-state index contributed by atoms with van der Waals surface area (Å²) in [6.45, 7) is 5.69. The van der Waals surface area contributed by atoms with Gasteiger partial charge in [0.1, 0.15) is 10.6 Å². The van der Waals surface area contributed by atoms with Gasteiger partial charge in [0.05, 0.1) is 21.8 Å². The lowest BCUT2D eigenvalue weighted by atomic mass is 9.91. The standard InChI is InChI=1S/C30H29N5O3S2/c1-30(40(37,38)35-14-10-23-19-22(21-31)8-9-26(23)35)12-4-5-24(20-30)27(36)11-13-33-15-17-34(18-16-33)29-25-6-2-3-7-28(25)39-32-29/h2-10,12,14,19H,11,13,15-18,20H2,1H3. The number of nitrogens with zero attached hydrogens (tertiary/aromatic N) is 5. The van der Waals surface area contributed by atoms with Crippen LogP contribution < -0.4 is 4.90 Å². The minimum Gasteiger partial charge on any atom is -0.353 e. The Labute approximate surface area is 237 Å². The molecular weight excluding hydrogens is 542 g/mol. The number of aromatic nitrogens is 2. The van der Waals surface area contributed by atoms with Crippen LogP contribution in [0.4, 0.5) is 5.82 Å². The molecule has 1 fully saturated rings. The minimum absolute atomic E-state index is 0.0188. The van der Waals surface area contributed by atoms with Crippen molar-refractivity contribution in [1.29, 1.82) is 5.26 Å². The Balaban J connectivity index is 1.08. The summed E-state index contributed by atoms with van der Waals surface area (Å²) in [6, 6.07) is 17.0. The molecule has 8 nitrogen and oxygen atoms in total. The number of anilines is 1. The van der Waals surface area contributed by atoms with Crippen LogP contribution in [0.3, 0.4) is 0 Å². The molecule has 1 atom stereocenters. The van der Waals surface area contributed by atoms with Crippen LogP contribution in [-0.4, -0.2) is 64.9 Å². The SMILES string of the molecule is CC1(S(=O)(=O)n2ccc3cc(C#N)ccc32)C=CC=C(C(=O)CCN2CCN(c3nsc4ccccc34)CC2)C1. The molecule has 2 aromatic carbocycles. The molecule has 0 bridgehead atoms. The molecule has 0 spiro atoms. The first kappa shape index (κ1) is 26.4. The van der Waals surface area contributed by atoms with E-state index < -0.39 is 14.8 Å². The quantitative estimate of drug-likeness (QED) is 0.316. The second-order valence-corrected chi connectivity index (χ2v) is 13.6. The molecule has 0 N–H and O–H groups in total. The van der Waals surface area contributed by atoms with Crippen molar-refractivity contribution in [3.63, 3.8) is 0 Å². The molecule has 3 heterocycles. The Kier molecular flexibility index (Phi) is 6.82. The molecule has 1 saturated heterocycles. The van der Waals surface area contributed by atoms with Crippen LogP contribution in [0, 0.1) is 11.3 Å². The topological polar surface area (TPSA) is 99.3 Å². The van der Waals surface area contributed by atoms with Crippen molar-refractivity contribution in [1.82, 2.24) is 13.2 Å². The Morgan fingerprint density at radius 3 is 2.73 bits per heavy atom. The second-order valence-electron chi connectivity index (χ2n) is 10.5. The third-order valence-corrected chi connectivity index (χ3v) is 11.1. The number of nitriles is 1. The van der Waals surface area contributed by atoms with Crippen molar-refractivity contribution in [2.24, 2.45) is 0 Å². The van der Waals surface area contributed by atoms with Gasteiger partial charge in [-0.05, 0) is 60.4 Å². The predicted molar refractivity (Wildman–Crippen MR) is 159 cm³/mol. The number of hydrogen-bond acceptors (Lipinski definition) is 8. The molecule has 4 aromatic rings. The lowest BCUT2D eigenvalue weighted by molar-refractivity contribution is -0.116. The van der Waals surface area contributed by atoms with Gasteiger partial charge in [-0.15, -0.1) is 0 Å². The van der Waals surface area contributed by atoms with Crippen molar-refractivity contribution in [3.05, 3.63) is 84.1 Å². The van der Waals surface area contributed by atoms with Gasteiger partial charge in [0.25, 0.3) is 0 Å². The van der Waals surface area contributed by atoms with Crippen LogP contribution in [0.25, 0.3) is 21.0 Å². The van der Waals surface area contributed by atoms with E-state index in [4.69, 9.17) is 0 Å². The fraction of sp³-hybridized carbons (Fsp3) is 0.300. The van der Waals surface area contributed by atoms with Gasteiger partial charge in [0.15, 0.2) is 5.78 Å². The van der Waals surface area contributed by atoms with Crippen LogP contribution in [0.5, 0.6) is 0 Å². The summed E-state index contributed by atoms with van der Waals surface area (Å²) in [5.41, 5.74) is 1.52. The molecular formula is C30H29N5O3S2. The van der Waals surface area contributed by atoms with E-state index in [-0.39, 0.29) is 12.2 Å². The molecule has 1 aliphatic carbocycles. The minimum atomic E-state index is -3.88. The number of carbonyl (C=O) groups is 1. The molecule has 204 valence electrons. The monoisotopic (exact) mass is 571 g/mol. The van der Waals surface area contributed by atoms with E-state index in [9.17, 15) is 18.5 Å². The highest BCUT2D eigenvalue weighted by atomic mass is 32.2. The Bertz CT molecular complexity index is 1820. The Morgan fingerprint density at radius 1 is 1.12 bits per heavy atom. The molecule has 2 aliphatic rings. The zero-order chi connectivity index (χ0) is 27.9. The number of piperazine rings is 1. The fourth-order valence-electron chi connectivity index (χ4n) is 5.56. The number of carbonyl (C=O) groups excluding carboxylic acids is 1. The largest absolute Gasteiger partial charge is 0.353 e. The van der Waals surface area contributed by atoms with E-state index in [1.807, 2.05) is 12.1 Å². The molecule has 0 amide bonds. The lowest BCUT2D eigenvalue weighted by Gasteiger charge is -2.35. The van der Waals surface area contributed by atoms with Crippen LogP contribution >= 0.6 is 11.5 Å². The molecule has 0 saturated carbocycles. The predicted octanol–water partition coefficient (Wildman–Crippen LogP) is 4.73. The smallest absolute Gasteiger partial charge is 0.248 e. The number of ketones is 1. The molecule has 0 radical (unpaired) electrons. The van der Waals surface area contributed by atoms with Gasteiger partial charge >= 0.3 is 0 Å². The number of allylic oxidation sites excluding steroid dienone is 3. The van der Waals surface area contributed by atoms with Crippen molar-refractivity contribution in [2.75, 3.05) is 37.6 Å². The van der Waals surface area contributed by atoms with Gasteiger partial charge in [-0.2, -0.15) is 9.64 Å². The van der Waals surface area contributed by atoms with Crippen LogP contribution in [-0.2, 0) is 14.8 Å². The van der Waals surface area contributed by atoms with Gasteiger partial charge in [0.2, 0.25) is 10.0 Å². The third kappa shape index (κ3) is 4.64. The molecule has 1 aliphatic heterocycles. The summed E-state index contributed by atoms with van der Waals surface area (Å²) in [7, 11) is -3.88. The van der Waals surface area contributed by atoms with Crippen molar-refractivity contribution in [2.45, 2.75) is 24.5 Å². The second kappa shape index (κ2) is 10.3. The normalized spacial score (nSPS) is 20.1. The van der Waals surface area contributed by atoms with E-state index in [0.717, 1.165) is 32.0 Å². The fourth-order valence-corrected chi connectivity index (χ4v) is 8.04. The zero-order valence-corrected chi connectivity index (χ0v) is 23.8. The van der Waals surface area contributed by atoms with Gasteiger partial charge in [-0.1, -0.05) is 30.4 Å². The van der Waals surface area contributed by atoms with Crippen molar-refractivity contribution >= 4 is 54.1 Å². The maximum absolute atomic E-state index is 13.8. The van der Waals surface area contributed by atoms with Gasteiger partial charge < -0.3 is 4.90 Å². The number of benzene rings is 2. The number of rotatable bonds is 7. The maximum Gasteiger partial charge on any atom is 0.248 e. The Morgan fingerprint density at radius 2 is 1.93 bits per heavy atom. The lowest BCUT2D eigenvalue weighted by Crippen LogP contribution is -2.47. The van der Waals surface area contributed by atoms with Gasteiger partial charge in [-0.3, -0.25) is 9.69 Å². The van der Waals surface area contributed by atoms with E-state index in [1.165, 1.54) is 31.8 Å². The van der Waals surface area contributed by atoms with E-state index in [1.54, 1.807) is 49.4 Å². The number of hydrogen-bond donors (Lipinski definition) is 0. The number of fused-ring (bicyclic) bond motifs is 2. The summed E-state index contributed by atoms with van der Waals surface area (Å²) in [4.78, 5) is 17.8. The summed E-state index contributed by atoms with van der Waals surface area (Å²) in [6.07, 6.45) is 7.08. The summed E-state index contributed by atoms with van der Waals surface area (Å²) >= 11 is 1.52. The highest BCUT2D eigenvalue weighted by Gasteiger charge is 2.41. The third-order valence-electron chi connectivity index (χ3n) is 7.96. The highest BCUT2D eigenvalue weighted by molar-refractivity contribution is 7.91. The first-order chi connectivity index (χ1) is 19.3. The first-order valence-corrected chi connectivity index (χ1v) is 15.5. The van der Waals surface area contributed by atoms with Crippen molar-refractivity contribution < 1.29 is 13.2 Å². The molecule has 10 heteroatoms. The van der Waals surface area contributed by atoms with Crippen LogP contribution in [0.2, 0.25) is 0 Å². The Hall–Kier alpha value is -3.78.